The molecule has 6 heteroatoms. The van der Waals surface area contributed by atoms with Crippen molar-refractivity contribution in [2.75, 3.05) is 34.0 Å². The maximum atomic E-state index is 12.1. The van der Waals surface area contributed by atoms with Crippen LogP contribution in [0.2, 0.25) is 0 Å². The van der Waals surface area contributed by atoms with Gasteiger partial charge in [-0.3, -0.25) is 4.79 Å². The molecule has 1 aliphatic rings. The van der Waals surface area contributed by atoms with Crippen LogP contribution in [0.4, 0.5) is 0 Å². The van der Waals surface area contributed by atoms with Crippen molar-refractivity contribution >= 4 is 5.91 Å². The number of nitrogens with one attached hydrogen (secondary N) is 1. The zero-order valence-electron chi connectivity index (χ0n) is 15.9. The fraction of sp³-hybridized carbons (Fsp3) is 0.381. The van der Waals surface area contributed by atoms with E-state index in [-0.39, 0.29) is 12.7 Å². The van der Waals surface area contributed by atoms with E-state index in [2.05, 4.69) is 10.2 Å². The fourth-order valence-electron chi connectivity index (χ4n) is 2.69. The molecule has 0 unspecified atom stereocenters. The minimum absolute atomic E-state index is 0.0268. The number of amides is 1. The predicted molar refractivity (Wildman–Crippen MR) is 103 cm³/mol. The highest BCUT2D eigenvalue weighted by Crippen LogP contribution is 2.32. The van der Waals surface area contributed by atoms with Crippen molar-refractivity contribution < 1.29 is 19.0 Å². The fourth-order valence-corrected chi connectivity index (χ4v) is 2.69. The maximum Gasteiger partial charge on any atom is 0.231 e. The molecule has 0 radical (unpaired) electrons. The van der Waals surface area contributed by atoms with Crippen molar-refractivity contribution in [3.63, 3.8) is 0 Å². The number of fused-ring (bicyclic) bond motifs is 1. The number of nitrogens with zero attached hydrogens (tertiary/aromatic N) is 1. The normalized spacial score (nSPS) is 12.3. The smallest absolute Gasteiger partial charge is 0.231 e. The lowest BCUT2D eigenvalue weighted by Crippen LogP contribution is -2.23. The first-order valence-corrected chi connectivity index (χ1v) is 9.12. The summed E-state index contributed by atoms with van der Waals surface area (Å²) in [6, 6.07) is 13.6. The van der Waals surface area contributed by atoms with E-state index >= 15 is 0 Å². The molecule has 144 valence electrons. The number of hydrogen-bond acceptors (Lipinski definition) is 5. The molecule has 0 aromatic heterocycles. The van der Waals surface area contributed by atoms with Gasteiger partial charge >= 0.3 is 0 Å². The maximum absolute atomic E-state index is 12.1. The van der Waals surface area contributed by atoms with Gasteiger partial charge in [0.2, 0.25) is 12.7 Å². The molecule has 1 amide bonds. The molecule has 6 nitrogen and oxygen atoms in total. The SMILES string of the molecule is CN(C)CCOc1ccc(CNC(=O)CCc2ccc3c(c2)OCO3)cc1. The van der Waals surface area contributed by atoms with Gasteiger partial charge in [-0.2, -0.15) is 0 Å². The van der Waals surface area contributed by atoms with Gasteiger partial charge in [0, 0.05) is 19.5 Å². The van der Waals surface area contributed by atoms with Crippen LogP contribution in [0.5, 0.6) is 17.2 Å². The van der Waals surface area contributed by atoms with Crippen LogP contribution in [0.1, 0.15) is 17.5 Å². The second-order valence-corrected chi connectivity index (χ2v) is 6.76. The summed E-state index contributed by atoms with van der Waals surface area (Å²) in [4.78, 5) is 14.2. The molecule has 27 heavy (non-hydrogen) atoms. The first kappa shape index (κ1) is 19.0. The van der Waals surface area contributed by atoms with Gasteiger partial charge in [-0.15, -0.1) is 0 Å². The van der Waals surface area contributed by atoms with Gasteiger partial charge in [0.25, 0.3) is 0 Å². The van der Waals surface area contributed by atoms with Gasteiger partial charge < -0.3 is 24.4 Å². The lowest BCUT2D eigenvalue weighted by molar-refractivity contribution is -0.121. The molecule has 1 N–H and O–H groups in total. The molecule has 2 aromatic rings. The first-order valence-electron chi connectivity index (χ1n) is 9.12. The van der Waals surface area contributed by atoms with E-state index < -0.39 is 0 Å². The lowest BCUT2D eigenvalue weighted by atomic mass is 10.1. The molecule has 1 heterocycles. The van der Waals surface area contributed by atoms with Crippen LogP contribution in [-0.2, 0) is 17.8 Å². The van der Waals surface area contributed by atoms with E-state index in [1.807, 2.05) is 56.6 Å². The quantitative estimate of drug-likeness (QED) is 0.735. The van der Waals surface area contributed by atoms with Crippen LogP contribution in [-0.4, -0.2) is 44.8 Å². The summed E-state index contributed by atoms with van der Waals surface area (Å²) in [6.45, 7) is 2.31. The molecule has 0 fully saturated rings. The van der Waals surface area contributed by atoms with Crippen LogP contribution < -0.4 is 19.5 Å². The molecular weight excluding hydrogens is 344 g/mol. The Labute approximate surface area is 160 Å². The van der Waals surface area contributed by atoms with Crippen LogP contribution in [0.25, 0.3) is 0 Å². The van der Waals surface area contributed by atoms with Crippen molar-refractivity contribution in [2.45, 2.75) is 19.4 Å². The Kier molecular flexibility index (Phi) is 6.54. The van der Waals surface area contributed by atoms with E-state index in [1.165, 1.54) is 0 Å². The zero-order chi connectivity index (χ0) is 19.1. The number of carbonyl (C=O) groups is 1. The van der Waals surface area contributed by atoms with E-state index in [0.717, 1.165) is 34.9 Å². The van der Waals surface area contributed by atoms with Gasteiger partial charge in [-0.1, -0.05) is 18.2 Å². The highest BCUT2D eigenvalue weighted by molar-refractivity contribution is 5.76. The highest BCUT2D eigenvalue weighted by Gasteiger charge is 2.13. The van der Waals surface area contributed by atoms with Crippen LogP contribution in [0, 0.1) is 0 Å². The van der Waals surface area contributed by atoms with E-state index in [1.54, 1.807) is 0 Å². The summed E-state index contributed by atoms with van der Waals surface area (Å²) < 4.78 is 16.3. The van der Waals surface area contributed by atoms with Gasteiger partial charge in [0.15, 0.2) is 11.5 Å². The summed E-state index contributed by atoms with van der Waals surface area (Å²) in [5.74, 6) is 2.38. The topological polar surface area (TPSA) is 60.0 Å². The Morgan fingerprint density at radius 3 is 2.59 bits per heavy atom. The van der Waals surface area contributed by atoms with Crippen molar-refractivity contribution in [1.29, 1.82) is 0 Å². The summed E-state index contributed by atoms with van der Waals surface area (Å²) in [5.41, 5.74) is 2.11. The molecule has 0 saturated carbocycles. The number of carbonyl (C=O) groups excluding carboxylic acids is 1. The second kappa shape index (κ2) is 9.28. The standard InChI is InChI=1S/C21H26N2O4/c1-23(2)11-12-25-18-7-3-17(4-8-18)14-22-21(24)10-6-16-5-9-19-20(13-16)27-15-26-19/h3-5,7-9,13H,6,10-12,14-15H2,1-2H3,(H,22,24). The van der Waals surface area contributed by atoms with Crippen LogP contribution in [0.3, 0.4) is 0 Å². The average Bonchev–Trinajstić information content (AvgIpc) is 3.13. The second-order valence-electron chi connectivity index (χ2n) is 6.76. The molecule has 0 saturated heterocycles. The van der Waals surface area contributed by atoms with Gasteiger partial charge in [-0.25, -0.2) is 0 Å². The monoisotopic (exact) mass is 370 g/mol. The van der Waals surface area contributed by atoms with Crippen LogP contribution in [0.15, 0.2) is 42.5 Å². The number of rotatable bonds is 9. The van der Waals surface area contributed by atoms with E-state index in [9.17, 15) is 4.79 Å². The van der Waals surface area contributed by atoms with Crippen molar-refractivity contribution in [1.82, 2.24) is 10.2 Å². The Bertz CT molecular complexity index is 759. The molecule has 0 spiro atoms. The third kappa shape index (κ3) is 5.89. The zero-order valence-corrected chi connectivity index (χ0v) is 15.9. The molecule has 0 aliphatic carbocycles. The third-order valence-electron chi connectivity index (χ3n) is 4.30. The van der Waals surface area contributed by atoms with Crippen molar-refractivity contribution in [3.05, 3.63) is 53.6 Å². The largest absolute Gasteiger partial charge is 0.492 e. The lowest BCUT2D eigenvalue weighted by Gasteiger charge is -2.11. The first-order chi connectivity index (χ1) is 13.1. The minimum atomic E-state index is 0.0268. The molecule has 1 aliphatic heterocycles. The minimum Gasteiger partial charge on any atom is -0.492 e. The Balaban J connectivity index is 1.38. The predicted octanol–water partition coefficient (Wildman–Crippen LogP) is 2.60. The molecule has 0 atom stereocenters. The molecular formula is C21H26N2O4. The number of ether oxygens (including phenoxy) is 3. The Morgan fingerprint density at radius 2 is 1.81 bits per heavy atom. The Morgan fingerprint density at radius 1 is 1.07 bits per heavy atom. The number of likely N-dealkylation sites (N-methyl/N-ethyl adjacent to an activating group) is 1. The van der Waals surface area contributed by atoms with E-state index in [0.29, 0.717) is 26.0 Å². The summed E-state index contributed by atoms with van der Waals surface area (Å²) in [6.07, 6.45) is 1.10. The van der Waals surface area contributed by atoms with E-state index in [4.69, 9.17) is 14.2 Å². The summed E-state index contributed by atoms with van der Waals surface area (Å²) in [5, 5.41) is 2.96. The highest BCUT2D eigenvalue weighted by atomic mass is 16.7. The van der Waals surface area contributed by atoms with Gasteiger partial charge in [0.05, 0.1) is 0 Å². The molecule has 2 aromatic carbocycles. The summed E-state index contributed by atoms with van der Waals surface area (Å²) in [7, 11) is 4.03. The van der Waals surface area contributed by atoms with Gasteiger partial charge in [-0.05, 0) is 55.9 Å². The molecule has 3 rings (SSSR count). The third-order valence-corrected chi connectivity index (χ3v) is 4.30. The van der Waals surface area contributed by atoms with Crippen molar-refractivity contribution in [2.24, 2.45) is 0 Å². The number of hydrogen-bond donors (Lipinski definition) is 1. The van der Waals surface area contributed by atoms with Gasteiger partial charge in [0.1, 0.15) is 12.4 Å². The van der Waals surface area contributed by atoms with Crippen LogP contribution >= 0.6 is 0 Å². The number of benzene rings is 2. The molecule has 0 bridgehead atoms. The van der Waals surface area contributed by atoms with Crippen molar-refractivity contribution in [3.8, 4) is 17.2 Å². The average molecular weight is 370 g/mol. The Hall–Kier alpha value is -2.73. The summed E-state index contributed by atoms with van der Waals surface area (Å²) >= 11 is 0. The number of aryl methyl sites for hydroxylation is 1.